The van der Waals surface area contributed by atoms with E-state index in [2.05, 4.69) is 33.6 Å². The highest BCUT2D eigenvalue weighted by atomic mass is 15.3. The van der Waals surface area contributed by atoms with Crippen molar-refractivity contribution in [1.29, 1.82) is 0 Å². The minimum absolute atomic E-state index is 0.741. The monoisotopic (exact) mass is 248 g/mol. The zero-order valence-corrected chi connectivity index (χ0v) is 11.8. The first-order chi connectivity index (χ1) is 8.74. The second-order valence-electron chi connectivity index (χ2n) is 4.99. The van der Waals surface area contributed by atoms with Gasteiger partial charge in [0.05, 0.1) is 0 Å². The lowest BCUT2D eigenvalue weighted by atomic mass is 10.1. The molecule has 0 spiro atoms. The summed E-state index contributed by atoms with van der Waals surface area (Å²) in [6.07, 6.45) is 4.35. The summed E-state index contributed by atoms with van der Waals surface area (Å²) in [4.78, 5) is 13.8. The number of anilines is 1. The van der Waals surface area contributed by atoms with E-state index >= 15 is 0 Å². The Hall–Kier alpha value is -1.16. The van der Waals surface area contributed by atoms with Crippen molar-refractivity contribution in [2.75, 3.05) is 31.1 Å². The molecule has 1 aliphatic rings. The van der Waals surface area contributed by atoms with Gasteiger partial charge in [0, 0.05) is 44.1 Å². The fraction of sp³-hybridized carbons (Fsp3) is 0.714. The molecule has 4 nitrogen and oxygen atoms in total. The van der Waals surface area contributed by atoms with Crippen molar-refractivity contribution in [3.05, 3.63) is 18.0 Å². The standard InChI is InChI=1S/C14H24N4/c1-4-13(5-2)17-8-10-18(11-9-17)14-15-7-6-12(3)16-14/h6-7,13H,4-5,8-11H2,1-3H3. The van der Waals surface area contributed by atoms with E-state index in [0.717, 1.165) is 43.9 Å². The minimum atomic E-state index is 0.741. The predicted octanol–water partition coefficient (Wildman–Crippen LogP) is 2.10. The van der Waals surface area contributed by atoms with Crippen molar-refractivity contribution in [1.82, 2.24) is 14.9 Å². The molecule has 1 aliphatic heterocycles. The summed E-state index contributed by atoms with van der Waals surface area (Å²) in [7, 11) is 0. The second kappa shape index (κ2) is 6.14. The van der Waals surface area contributed by atoms with Gasteiger partial charge in [-0.2, -0.15) is 0 Å². The third-order valence-corrected chi connectivity index (χ3v) is 3.84. The first-order valence-corrected chi connectivity index (χ1v) is 7.03. The maximum absolute atomic E-state index is 4.50. The van der Waals surface area contributed by atoms with Crippen LogP contribution >= 0.6 is 0 Å². The Morgan fingerprint density at radius 3 is 2.39 bits per heavy atom. The molecule has 100 valence electrons. The van der Waals surface area contributed by atoms with Crippen molar-refractivity contribution in [3.8, 4) is 0 Å². The minimum Gasteiger partial charge on any atom is -0.338 e. The molecule has 18 heavy (non-hydrogen) atoms. The fourth-order valence-corrected chi connectivity index (χ4v) is 2.68. The smallest absolute Gasteiger partial charge is 0.225 e. The normalized spacial score (nSPS) is 17.4. The number of hydrogen-bond acceptors (Lipinski definition) is 4. The lowest BCUT2D eigenvalue weighted by Gasteiger charge is -2.38. The van der Waals surface area contributed by atoms with Crippen molar-refractivity contribution in [2.45, 2.75) is 39.7 Å². The van der Waals surface area contributed by atoms with Crippen LogP contribution in [-0.2, 0) is 0 Å². The molecule has 1 aromatic rings. The molecule has 2 rings (SSSR count). The number of rotatable bonds is 4. The Balaban J connectivity index is 1.94. The number of aryl methyl sites for hydroxylation is 1. The van der Waals surface area contributed by atoms with Gasteiger partial charge in [0.15, 0.2) is 0 Å². The molecule has 0 bridgehead atoms. The summed E-state index contributed by atoms with van der Waals surface area (Å²) in [6, 6.07) is 2.69. The van der Waals surface area contributed by atoms with Crippen LogP contribution in [0.1, 0.15) is 32.4 Å². The Kier molecular flexibility index (Phi) is 4.53. The Labute approximate surface area is 110 Å². The Bertz CT molecular complexity index is 368. The largest absolute Gasteiger partial charge is 0.338 e. The lowest BCUT2D eigenvalue weighted by molar-refractivity contribution is 0.175. The highest BCUT2D eigenvalue weighted by molar-refractivity contribution is 5.30. The van der Waals surface area contributed by atoms with Gasteiger partial charge in [-0.05, 0) is 25.8 Å². The van der Waals surface area contributed by atoms with Crippen molar-refractivity contribution in [3.63, 3.8) is 0 Å². The van der Waals surface area contributed by atoms with E-state index in [1.165, 1.54) is 12.8 Å². The zero-order chi connectivity index (χ0) is 13.0. The summed E-state index contributed by atoms with van der Waals surface area (Å²) in [6.45, 7) is 10.9. The van der Waals surface area contributed by atoms with Gasteiger partial charge in [-0.15, -0.1) is 0 Å². The number of hydrogen-bond donors (Lipinski definition) is 0. The van der Waals surface area contributed by atoms with Gasteiger partial charge < -0.3 is 4.90 Å². The molecular weight excluding hydrogens is 224 g/mol. The highest BCUT2D eigenvalue weighted by Gasteiger charge is 2.22. The van der Waals surface area contributed by atoms with Crippen LogP contribution in [0.3, 0.4) is 0 Å². The predicted molar refractivity (Wildman–Crippen MR) is 74.9 cm³/mol. The molecular formula is C14H24N4. The lowest BCUT2D eigenvalue weighted by Crippen LogP contribution is -2.50. The number of piperazine rings is 1. The summed E-state index contributed by atoms with van der Waals surface area (Å²) >= 11 is 0. The van der Waals surface area contributed by atoms with Gasteiger partial charge >= 0.3 is 0 Å². The van der Waals surface area contributed by atoms with Gasteiger partial charge in [0.25, 0.3) is 0 Å². The molecule has 1 aromatic heterocycles. The zero-order valence-electron chi connectivity index (χ0n) is 11.8. The molecule has 0 aliphatic carbocycles. The van der Waals surface area contributed by atoms with E-state index in [0.29, 0.717) is 0 Å². The van der Waals surface area contributed by atoms with Crippen molar-refractivity contribution >= 4 is 5.95 Å². The molecule has 0 unspecified atom stereocenters. The summed E-state index contributed by atoms with van der Waals surface area (Å²) in [5.41, 5.74) is 1.04. The van der Waals surface area contributed by atoms with E-state index in [9.17, 15) is 0 Å². The van der Waals surface area contributed by atoms with Gasteiger partial charge in [-0.1, -0.05) is 13.8 Å². The highest BCUT2D eigenvalue weighted by Crippen LogP contribution is 2.15. The fourth-order valence-electron chi connectivity index (χ4n) is 2.68. The van der Waals surface area contributed by atoms with Crippen LogP contribution in [0, 0.1) is 6.92 Å². The number of aromatic nitrogens is 2. The van der Waals surface area contributed by atoms with Gasteiger partial charge in [-0.3, -0.25) is 4.90 Å². The Morgan fingerprint density at radius 2 is 1.83 bits per heavy atom. The quantitative estimate of drug-likeness (QED) is 0.817. The molecule has 1 fully saturated rings. The molecule has 0 aromatic carbocycles. The maximum Gasteiger partial charge on any atom is 0.225 e. The SMILES string of the molecule is CCC(CC)N1CCN(c2nccc(C)n2)CC1. The van der Waals surface area contributed by atoms with E-state index in [4.69, 9.17) is 0 Å². The molecule has 0 atom stereocenters. The Morgan fingerprint density at radius 1 is 1.17 bits per heavy atom. The number of nitrogens with zero attached hydrogens (tertiary/aromatic N) is 4. The average molecular weight is 248 g/mol. The van der Waals surface area contributed by atoms with Gasteiger partial charge in [-0.25, -0.2) is 9.97 Å². The molecule has 0 radical (unpaired) electrons. The molecule has 1 saturated heterocycles. The van der Waals surface area contributed by atoms with Crippen LogP contribution in [-0.4, -0.2) is 47.1 Å². The van der Waals surface area contributed by atoms with Crippen LogP contribution in [0.4, 0.5) is 5.95 Å². The third-order valence-electron chi connectivity index (χ3n) is 3.84. The van der Waals surface area contributed by atoms with E-state index in [1.54, 1.807) is 0 Å². The third kappa shape index (κ3) is 2.99. The van der Waals surface area contributed by atoms with Crippen LogP contribution in [0.15, 0.2) is 12.3 Å². The van der Waals surface area contributed by atoms with Crippen LogP contribution in [0.25, 0.3) is 0 Å². The van der Waals surface area contributed by atoms with Gasteiger partial charge in [0.1, 0.15) is 0 Å². The summed E-state index contributed by atoms with van der Waals surface area (Å²) < 4.78 is 0. The maximum atomic E-state index is 4.50. The molecule has 0 amide bonds. The first kappa shape index (κ1) is 13.3. The van der Waals surface area contributed by atoms with Crippen LogP contribution in [0.5, 0.6) is 0 Å². The second-order valence-corrected chi connectivity index (χ2v) is 4.99. The first-order valence-electron chi connectivity index (χ1n) is 7.03. The molecule has 0 N–H and O–H groups in total. The van der Waals surface area contributed by atoms with Crippen molar-refractivity contribution < 1.29 is 0 Å². The van der Waals surface area contributed by atoms with Crippen molar-refractivity contribution in [2.24, 2.45) is 0 Å². The van der Waals surface area contributed by atoms with Crippen LogP contribution < -0.4 is 4.90 Å². The summed E-state index contributed by atoms with van der Waals surface area (Å²) in [5, 5.41) is 0. The molecule has 2 heterocycles. The topological polar surface area (TPSA) is 32.3 Å². The average Bonchev–Trinajstić information content (AvgIpc) is 2.41. The van der Waals surface area contributed by atoms with E-state index < -0.39 is 0 Å². The molecule has 0 saturated carbocycles. The van der Waals surface area contributed by atoms with Gasteiger partial charge in [0.2, 0.25) is 5.95 Å². The summed E-state index contributed by atoms with van der Waals surface area (Å²) in [5.74, 6) is 0.888. The van der Waals surface area contributed by atoms with Crippen LogP contribution in [0.2, 0.25) is 0 Å². The molecule has 4 heteroatoms. The van der Waals surface area contributed by atoms with E-state index in [1.807, 2.05) is 19.2 Å². The van der Waals surface area contributed by atoms with E-state index in [-0.39, 0.29) is 0 Å².